The number of hydrogen-bond acceptors (Lipinski definition) is 4. The first-order chi connectivity index (χ1) is 8.20. The number of esters is 1. The molecule has 0 aromatic rings. The molecule has 2 fully saturated rings. The second-order valence-corrected chi connectivity index (χ2v) is 4.44. The van der Waals surface area contributed by atoms with Crippen LogP contribution in [0.25, 0.3) is 0 Å². The number of rotatable bonds is 5. The minimum Gasteiger partial charge on any atom is -0.469 e. The van der Waals surface area contributed by atoms with Gasteiger partial charge in [0.1, 0.15) is 0 Å². The standard InChI is InChI=1S/C11H18N2O4/c1-16-9(14)5-3-2-4-8-10-7(6-17-8)12-11(15)13-10/h7-8,10H,2-6H2,1H3,(H2,12,13,15)/t7-,8-,10-/m0/s1. The van der Waals surface area contributed by atoms with Crippen molar-refractivity contribution in [3.05, 3.63) is 0 Å². The van der Waals surface area contributed by atoms with Crippen LogP contribution in [0, 0.1) is 0 Å². The van der Waals surface area contributed by atoms with Gasteiger partial charge in [0.25, 0.3) is 0 Å². The summed E-state index contributed by atoms with van der Waals surface area (Å²) >= 11 is 0. The third kappa shape index (κ3) is 2.88. The van der Waals surface area contributed by atoms with Gasteiger partial charge in [0.05, 0.1) is 31.9 Å². The predicted octanol–water partition coefficient (Wildman–Crippen LogP) is 0.169. The number of fused-ring (bicyclic) bond motifs is 1. The maximum absolute atomic E-state index is 11.1. The lowest BCUT2D eigenvalue weighted by Gasteiger charge is -2.15. The number of methoxy groups -OCH3 is 1. The molecule has 0 aromatic carbocycles. The lowest BCUT2D eigenvalue weighted by Crippen LogP contribution is -2.37. The number of unbranched alkanes of at least 4 members (excludes halogenated alkanes) is 1. The van der Waals surface area contributed by atoms with Gasteiger partial charge in [-0.25, -0.2) is 4.79 Å². The summed E-state index contributed by atoms with van der Waals surface area (Å²) in [5.74, 6) is -0.175. The van der Waals surface area contributed by atoms with Crippen molar-refractivity contribution in [2.75, 3.05) is 13.7 Å². The Morgan fingerprint density at radius 1 is 1.47 bits per heavy atom. The van der Waals surface area contributed by atoms with Crippen molar-refractivity contribution >= 4 is 12.0 Å². The summed E-state index contributed by atoms with van der Waals surface area (Å²) in [6.07, 6.45) is 3.07. The Labute approximate surface area is 100 Å². The molecule has 0 aliphatic carbocycles. The van der Waals surface area contributed by atoms with Crippen LogP contribution in [0.3, 0.4) is 0 Å². The summed E-state index contributed by atoms with van der Waals surface area (Å²) < 4.78 is 10.2. The van der Waals surface area contributed by atoms with Crippen LogP contribution < -0.4 is 10.6 Å². The van der Waals surface area contributed by atoms with E-state index in [9.17, 15) is 9.59 Å². The molecule has 2 aliphatic rings. The first kappa shape index (κ1) is 12.2. The molecule has 3 atom stereocenters. The molecule has 2 saturated heterocycles. The number of urea groups is 1. The molecule has 6 nitrogen and oxygen atoms in total. The second kappa shape index (κ2) is 5.35. The van der Waals surface area contributed by atoms with Gasteiger partial charge < -0.3 is 20.1 Å². The normalized spacial score (nSPS) is 30.6. The minimum atomic E-state index is -0.175. The summed E-state index contributed by atoms with van der Waals surface area (Å²) in [5.41, 5.74) is 0. The monoisotopic (exact) mass is 242 g/mol. The summed E-state index contributed by atoms with van der Waals surface area (Å²) in [6.45, 7) is 0.574. The molecule has 6 heteroatoms. The smallest absolute Gasteiger partial charge is 0.315 e. The summed E-state index contributed by atoms with van der Waals surface area (Å²) in [5, 5.41) is 5.67. The molecule has 17 heavy (non-hydrogen) atoms. The molecular formula is C11H18N2O4. The van der Waals surface area contributed by atoms with E-state index in [-0.39, 0.29) is 30.2 Å². The quantitative estimate of drug-likeness (QED) is 0.532. The van der Waals surface area contributed by atoms with Gasteiger partial charge in [-0.1, -0.05) is 6.42 Å². The van der Waals surface area contributed by atoms with Crippen molar-refractivity contribution < 1.29 is 19.1 Å². The fourth-order valence-electron chi connectivity index (χ4n) is 2.36. The molecule has 2 aliphatic heterocycles. The van der Waals surface area contributed by atoms with Gasteiger partial charge in [-0.05, 0) is 12.8 Å². The molecule has 0 aromatic heterocycles. The Kier molecular flexibility index (Phi) is 3.83. The molecule has 2 rings (SSSR count). The van der Waals surface area contributed by atoms with E-state index in [2.05, 4.69) is 15.4 Å². The van der Waals surface area contributed by atoms with Crippen molar-refractivity contribution in [3.63, 3.8) is 0 Å². The number of carbonyl (C=O) groups is 2. The Bertz CT molecular complexity index is 308. The van der Waals surface area contributed by atoms with E-state index in [1.807, 2.05) is 0 Å². The van der Waals surface area contributed by atoms with Crippen molar-refractivity contribution in [1.82, 2.24) is 10.6 Å². The Balaban J connectivity index is 1.66. The molecule has 2 amide bonds. The van der Waals surface area contributed by atoms with Gasteiger partial charge in [0.15, 0.2) is 0 Å². The highest BCUT2D eigenvalue weighted by atomic mass is 16.5. The average molecular weight is 242 g/mol. The van der Waals surface area contributed by atoms with Crippen molar-refractivity contribution in [2.24, 2.45) is 0 Å². The van der Waals surface area contributed by atoms with Gasteiger partial charge >= 0.3 is 12.0 Å². The first-order valence-electron chi connectivity index (χ1n) is 5.96. The third-order valence-electron chi connectivity index (χ3n) is 3.29. The molecule has 2 N–H and O–H groups in total. The summed E-state index contributed by atoms with van der Waals surface area (Å²) in [7, 11) is 1.40. The molecule has 0 spiro atoms. The topological polar surface area (TPSA) is 76.7 Å². The molecule has 2 heterocycles. The predicted molar refractivity (Wildman–Crippen MR) is 59.5 cm³/mol. The average Bonchev–Trinajstić information content (AvgIpc) is 2.84. The molecule has 0 saturated carbocycles. The zero-order chi connectivity index (χ0) is 12.3. The highest BCUT2D eigenvalue weighted by molar-refractivity contribution is 5.77. The van der Waals surface area contributed by atoms with Crippen molar-refractivity contribution in [1.29, 1.82) is 0 Å². The summed E-state index contributed by atoms with van der Waals surface area (Å²) in [6, 6.07) is 0.0802. The van der Waals surface area contributed by atoms with Crippen LogP contribution in [0.2, 0.25) is 0 Å². The number of amides is 2. The molecule has 96 valence electrons. The maximum Gasteiger partial charge on any atom is 0.315 e. The van der Waals surface area contributed by atoms with E-state index < -0.39 is 0 Å². The van der Waals surface area contributed by atoms with Crippen LogP contribution in [-0.4, -0.2) is 43.9 Å². The second-order valence-electron chi connectivity index (χ2n) is 4.44. The van der Waals surface area contributed by atoms with Gasteiger partial charge in [-0.15, -0.1) is 0 Å². The van der Waals surface area contributed by atoms with Gasteiger partial charge in [-0.2, -0.15) is 0 Å². The lowest BCUT2D eigenvalue weighted by molar-refractivity contribution is -0.140. The van der Waals surface area contributed by atoms with E-state index in [0.29, 0.717) is 13.0 Å². The highest BCUT2D eigenvalue weighted by Crippen LogP contribution is 2.22. The number of carbonyl (C=O) groups excluding carboxylic acids is 2. The van der Waals surface area contributed by atoms with E-state index in [1.54, 1.807) is 0 Å². The van der Waals surface area contributed by atoms with Crippen LogP contribution in [0.15, 0.2) is 0 Å². The largest absolute Gasteiger partial charge is 0.469 e. The Morgan fingerprint density at radius 3 is 3.06 bits per heavy atom. The number of ether oxygens (including phenoxy) is 2. The fourth-order valence-corrected chi connectivity index (χ4v) is 2.36. The lowest BCUT2D eigenvalue weighted by atomic mass is 10.0. The van der Waals surface area contributed by atoms with Crippen LogP contribution in [0.1, 0.15) is 25.7 Å². The summed E-state index contributed by atoms with van der Waals surface area (Å²) in [4.78, 5) is 22.0. The third-order valence-corrected chi connectivity index (χ3v) is 3.29. The van der Waals surface area contributed by atoms with E-state index in [0.717, 1.165) is 19.3 Å². The van der Waals surface area contributed by atoms with Crippen LogP contribution in [0.4, 0.5) is 4.79 Å². The zero-order valence-corrected chi connectivity index (χ0v) is 9.90. The fraction of sp³-hybridized carbons (Fsp3) is 0.818. The molecule has 0 bridgehead atoms. The first-order valence-corrected chi connectivity index (χ1v) is 5.96. The van der Waals surface area contributed by atoms with Gasteiger partial charge in [0.2, 0.25) is 0 Å². The van der Waals surface area contributed by atoms with Gasteiger partial charge in [0, 0.05) is 6.42 Å². The van der Waals surface area contributed by atoms with Crippen LogP contribution >= 0.6 is 0 Å². The number of nitrogens with one attached hydrogen (secondary N) is 2. The van der Waals surface area contributed by atoms with Crippen LogP contribution in [0.5, 0.6) is 0 Å². The van der Waals surface area contributed by atoms with E-state index in [1.165, 1.54) is 7.11 Å². The molecule has 0 unspecified atom stereocenters. The molecular weight excluding hydrogens is 224 g/mol. The van der Waals surface area contributed by atoms with E-state index >= 15 is 0 Å². The number of hydrogen-bond donors (Lipinski definition) is 2. The van der Waals surface area contributed by atoms with Crippen LogP contribution in [-0.2, 0) is 14.3 Å². The Hall–Kier alpha value is -1.30. The zero-order valence-electron chi connectivity index (χ0n) is 9.90. The molecule has 0 radical (unpaired) electrons. The van der Waals surface area contributed by atoms with E-state index in [4.69, 9.17) is 4.74 Å². The highest BCUT2D eigenvalue weighted by Gasteiger charge is 2.42. The van der Waals surface area contributed by atoms with Crippen molar-refractivity contribution in [2.45, 2.75) is 43.9 Å². The minimum absolute atomic E-state index is 0.0663. The maximum atomic E-state index is 11.1. The van der Waals surface area contributed by atoms with Crippen molar-refractivity contribution in [3.8, 4) is 0 Å². The van der Waals surface area contributed by atoms with Gasteiger partial charge in [-0.3, -0.25) is 4.79 Å². The SMILES string of the molecule is COC(=O)CCCC[C@@H]1OC[C@@H]2NC(=O)N[C@@H]21. The Morgan fingerprint density at radius 2 is 2.29 bits per heavy atom.